The highest BCUT2D eigenvalue weighted by Gasteiger charge is 2.30. The molecule has 1 aliphatic heterocycles. The summed E-state index contributed by atoms with van der Waals surface area (Å²) in [5.74, 6) is -0.107. The Labute approximate surface area is 154 Å². The van der Waals surface area contributed by atoms with Crippen LogP contribution < -0.4 is 9.64 Å². The number of sulfonamides is 1. The summed E-state index contributed by atoms with van der Waals surface area (Å²) in [5.41, 5.74) is 1.04. The Kier molecular flexibility index (Phi) is 5.90. The monoisotopic (exact) mass is 379 g/mol. The van der Waals surface area contributed by atoms with E-state index < -0.39 is 10.0 Å². The molecule has 140 valence electrons. The van der Waals surface area contributed by atoms with Crippen LogP contribution in [0, 0.1) is 12.7 Å². The number of rotatable bonds is 6. The van der Waals surface area contributed by atoms with Gasteiger partial charge in [-0.25, -0.2) is 12.8 Å². The Balaban J connectivity index is 1.49. The number of para-hydroxylation sites is 1. The van der Waals surface area contributed by atoms with Crippen molar-refractivity contribution in [1.82, 2.24) is 4.31 Å². The lowest BCUT2D eigenvalue weighted by Crippen LogP contribution is -3.15. The normalized spacial score (nSPS) is 16.5. The van der Waals surface area contributed by atoms with Gasteiger partial charge in [0.2, 0.25) is 10.0 Å². The number of benzene rings is 2. The highest BCUT2D eigenvalue weighted by Crippen LogP contribution is 2.16. The molecule has 1 aliphatic rings. The Morgan fingerprint density at radius 1 is 1.08 bits per heavy atom. The van der Waals surface area contributed by atoms with Gasteiger partial charge in [0.25, 0.3) is 0 Å². The van der Waals surface area contributed by atoms with Crippen LogP contribution in [0.25, 0.3) is 0 Å². The van der Waals surface area contributed by atoms with E-state index in [0.29, 0.717) is 44.2 Å². The molecule has 0 radical (unpaired) electrons. The van der Waals surface area contributed by atoms with Crippen molar-refractivity contribution < 1.29 is 22.4 Å². The van der Waals surface area contributed by atoms with Gasteiger partial charge < -0.3 is 9.64 Å². The molecule has 26 heavy (non-hydrogen) atoms. The van der Waals surface area contributed by atoms with Crippen molar-refractivity contribution in [3.63, 3.8) is 0 Å². The summed E-state index contributed by atoms with van der Waals surface area (Å²) in [4.78, 5) is 1.60. The number of halogens is 1. The van der Waals surface area contributed by atoms with Gasteiger partial charge in [0.15, 0.2) is 11.6 Å². The van der Waals surface area contributed by atoms with E-state index in [2.05, 4.69) is 0 Å². The number of hydrogen-bond donors (Lipinski definition) is 1. The molecule has 1 fully saturated rings. The summed E-state index contributed by atoms with van der Waals surface area (Å²) in [7, 11) is -3.43. The number of hydrogen-bond acceptors (Lipinski definition) is 3. The van der Waals surface area contributed by atoms with Gasteiger partial charge in [-0.2, -0.15) is 4.31 Å². The van der Waals surface area contributed by atoms with Gasteiger partial charge in [0, 0.05) is 0 Å². The van der Waals surface area contributed by atoms with E-state index in [4.69, 9.17) is 4.74 Å². The lowest BCUT2D eigenvalue weighted by Gasteiger charge is -2.31. The summed E-state index contributed by atoms with van der Waals surface area (Å²) < 4.78 is 45.9. The maximum atomic E-state index is 13.5. The molecular weight excluding hydrogens is 355 g/mol. The van der Waals surface area contributed by atoms with Crippen LogP contribution in [0.3, 0.4) is 0 Å². The third-order valence-electron chi connectivity index (χ3n) is 4.64. The first kappa shape index (κ1) is 18.8. The zero-order valence-corrected chi connectivity index (χ0v) is 15.6. The molecule has 0 aliphatic carbocycles. The number of nitrogens with zero attached hydrogens (tertiary/aromatic N) is 1. The van der Waals surface area contributed by atoms with Crippen molar-refractivity contribution >= 4 is 10.0 Å². The van der Waals surface area contributed by atoms with E-state index in [1.54, 1.807) is 34.6 Å². The topological polar surface area (TPSA) is 51.0 Å². The minimum atomic E-state index is -3.43. The van der Waals surface area contributed by atoms with Gasteiger partial charge in [-0.15, -0.1) is 0 Å². The minimum absolute atomic E-state index is 0.257. The third-order valence-corrected chi connectivity index (χ3v) is 6.55. The van der Waals surface area contributed by atoms with Gasteiger partial charge in [0.05, 0.1) is 31.1 Å². The molecule has 0 amide bonds. The lowest BCUT2D eigenvalue weighted by molar-refractivity contribution is -0.903. The lowest BCUT2D eigenvalue weighted by atomic mass is 10.2. The second-order valence-electron chi connectivity index (χ2n) is 6.50. The van der Waals surface area contributed by atoms with Gasteiger partial charge in [0.1, 0.15) is 13.2 Å². The van der Waals surface area contributed by atoms with E-state index in [0.717, 1.165) is 5.56 Å². The molecule has 2 aromatic carbocycles. The van der Waals surface area contributed by atoms with E-state index in [1.165, 1.54) is 11.0 Å². The fraction of sp³-hybridized carbons (Fsp3) is 0.368. The quantitative estimate of drug-likeness (QED) is 0.818. The minimum Gasteiger partial charge on any atom is -0.485 e. The average Bonchev–Trinajstić information content (AvgIpc) is 2.64. The largest absolute Gasteiger partial charge is 0.485 e. The predicted octanol–water partition coefficient (Wildman–Crippen LogP) is 1.10. The number of nitrogens with one attached hydrogen (secondary N) is 1. The van der Waals surface area contributed by atoms with Crippen molar-refractivity contribution in [2.75, 3.05) is 39.3 Å². The fourth-order valence-electron chi connectivity index (χ4n) is 3.02. The summed E-state index contributed by atoms with van der Waals surface area (Å²) >= 11 is 0. The maximum Gasteiger partial charge on any atom is 0.243 e. The first-order valence-electron chi connectivity index (χ1n) is 8.74. The fourth-order valence-corrected chi connectivity index (χ4v) is 4.46. The van der Waals surface area contributed by atoms with E-state index >= 15 is 0 Å². The summed E-state index contributed by atoms with van der Waals surface area (Å²) in [6.45, 7) is 5.43. The van der Waals surface area contributed by atoms with E-state index in [1.807, 2.05) is 19.1 Å². The molecule has 0 atom stereocenters. The third kappa shape index (κ3) is 4.41. The molecule has 0 unspecified atom stereocenters. The molecule has 1 heterocycles. The Bertz CT molecular complexity index is 832. The van der Waals surface area contributed by atoms with Gasteiger partial charge in [-0.05, 0) is 31.2 Å². The van der Waals surface area contributed by atoms with E-state index in [9.17, 15) is 12.8 Å². The standard InChI is InChI=1S/C19H23FN2O3S/c1-16-6-8-17(9-7-16)26(23,24)22-12-10-21(11-13-22)14-15-25-19-5-3-2-4-18(19)20/h2-9H,10-15H2,1H3/p+1. The zero-order chi connectivity index (χ0) is 18.6. The molecule has 0 bridgehead atoms. The molecular formula is C19H24FN2O3S+. The van der Waals surface area contributed by atoms with Crippen LogP contribution >= 0.6 is 0 Å². The summed E-state index contributed by atoms with van der Waals surface area (Å²) in [6.07, 6.45) is 0. The average molecular weight is 379 g/mol. The van der Waals surface area contributed by atoms with Crippen LogP contribution in [-0.4, -0.2) is 52.1 Å². The van der Waals surface area contributed by atoms with Crippen LogP contribution in [0.5, 0.6) is 5.75 Å². The molecule has 7 heteroatoms. The van der Waals surface area contributed by atoms with Crippen molar-refractivity contribution in [2.45, 2.75) is 11.8 Å². The highest BCUT2D eigenvalue weighted by molar-refractivity contribution is 7.89. The van der Waals surface area contributed by atoms with Crippen molar-refractivity contribution in [3.8, 4) is 5.75 Å². The molecule has 1 saturated heterocycles. The molecule has 0 saturated carbocycles. The van der Waals surface area contributed by atoms with Crippen molar-refractivity contribution in [1.29, 1.82) is 0 Å². The zero-order valence-electron chi connectivity index (χ0n) is 14.8. The number of piperazine rings is 1. The van der Waals surface area contributed by atoms with E-state index in [-0.39, 0.29) is 11.6 Å². The first-order chi connectivity index (χ1) is 12.5. The van der Waals surface area contributed by atoms with Crippen LogP contribution in [0.4, 0.5) is 4.39 Å². The van der Waals surface area contributed by atoms with Gasteiger partial charge in [-0.1, -0.05) is 29.8 Å². The second-order valence-corrected chi connectivity index (χ2v) is 8.43. The molecule has 5 nitrogen and oxygen atoms in total. The van der Waals surface area contributed by atoms with Crippen molar-refractivity contribution in [3.05, 3.63) is 59.9 Å². The molecule has 1 N–H and O–H groups in total. The second kappa shape index (κ2) is 8.16. The van der Waals surface area contributed by atoms with Crippen LogP contribution in [0.2, 0.25) is 0 Å². The number of ether oxygens (including phenoxy) is 1. The summed E-state index contributed by atoms with van der Waals surface area (Å²) in [5, 5.41) is 0. The van der Waals surface area contributed by atoms with Crippen LogP contribution in [0.1, 0.15) is 5.56 Å². The SMILES string of the molecule is Cc1ccc(S(=O)(=O)N2CC[NH+](CCOc3ccccc3F)CC2)cc1. The first-order valence-corrected chi connectivity index (χ1v) is 10.2. The maximum absolute atomic E-state index is 13.5. The number of quaternary nitrogens is 1. The molecule has 0 spiro atoms. The Hall–Kier alpha value is -1.96. The predicted molar refractivity (Wildman–Crippen MR) is 97.4 cm³/mol. The Morgan fingerprint density at radius 3 is 2.38 bits per heavy atom. The molecule has 3 rings (SSSR count). The highest BCUT2D eigenvalue weighted by atomic mass is 32.2. The van der Waals surface area contributed by atoms with Crippen LogP contribution in [0.15, 0.2) is 53.4 Å². The van der Waals surface area contributed by atoms with Gasteiger partial charge >= 0.3 is 0 Å². The number of aryl methyl sites for hydroxylation is 1. The smallest absolute Gasteiger partial charge is 0.243 e. The van der Waals surface area contributed by atoms with Gasteiger partial charge in [-0.3, -0.25) is 0 Å². The van der Waals surface area contributed by atoms with Crippen LogP contribution in [-0.2, 0) is 10.0 Å². The molecule has 2 aromatic rings. The Morgan fingerprint density at radius 2 is 1.73 bits per heavy atom. The summed E-state index contributed by atoms with van der Waals surface area (Å²) in [6, 6.07) is 13.3. The molecule has 0 aromatic heterocycles. The van der Waals surface area contributed by atoms with Crippen molar-refractivity contribution in [2.24, 2.45) is 0 Å².